The molecule has 7 nitrogen and oxygen atoms in total. The molecule has 1 atom stereocenters. The molecule has 36 heavy (non-hydrogen) atoms. The van der Waals surface area contributed by atoms with E-state index in [1.54, 1.807) is 17.0 Å². The Morgan fingerprint density at radius 2 is 1.78 bits per heavy atom. The van der Waals surface area contributed by atoms with E-state index in [2.05, 4.69) is 27.5 Å². The van der Waals surface area contributed by atoms with Crippen LogP contribution < -0.4 is 20.4 Å². The first-order chi connectivity index (χ1) is 17.5. The molecule has 0 saturated carbocycles. The van der Waals surface area contributed by atoms with Gasteiger partial charge in [-0.3, -0.25) is 9.59 Å². The van der Waals surface area contributed by atoms with Crippen LogP contribution in [-0.4, -0.2) is 62.5 Å². The predicted molar refractivity (Wildman–Crippen MR) is 140 cm³/mol. The third-order valence-corrected chi connectivity index (χ3v) is 6.78. The first-order valence-corrected chi connectivity index (χ1v) is 12.2. The number of nitrogens with zero attached hydrogens (tertiary/aromatic N) is 3. The van der Waals surface area contributed by atoms with Gasteiger partial charge in [-0.1, -0.05) is 36.4 Å². The minimum atomic E-state index is -0.816. The molecule has 5 rings (SSSR count). The minimum absolute atomic E-state index is 0.201. The van der Waals surface area contributed by atoms with Crippen LogP contribution in [0.3, 0.4) is 0 Å². The number of nitrogens with one attached hydrogen (secondary N) is 2. The van der Waals surface area contributed by atoms with Gasteiger partial charge in [0.15, 0.2) is 0 Å². The number of anilines is 3. The Morgan fingerprint density at radius 3 is 2.56 bits per heavy atom. The zero-order valence-corrected chi connectivity index (χ0v) is 20.3. The van der Waals surface area contributed by atoms with Crippen molar-refractivity contribution >= 4 is 28.9 Å². The number of halogens is 1. The summed E-state index contributed by atoms with van der Waals surface area (Å²) in [6.45, 7) is 4.20. The largest absolute Gasteiger partial charge is 0.381 e. The van der Waals surface area contributed by atoms with Crippen LogP contribution >= 0.6 is 0 Å². The number of hydrogen-bond acceptors (Lipinski definition) is 5. The Morgan fingerprint density at radius 1 is 1.00 bits per heavy atom. The van der Waals surface area contributed by atoms with Crippen molar-refractivity contribution in [3.05, 3.63) is 89.7 Å². The van der Waals surface area contributed by atoms with Gasteiger partial charge in [-0.05, 0) is 49.0 Å². The van der Waals surface area contributed by atoms with Crippen LogP contribution in [-0.2, 0) is 11.3 Å². The highest BCUT2D eigenvalue weighted by Crippen LogP contribution is 2.31. The molecule has 1 fully saturated rings. The van der Waals surface area contributed by atoms with E-state index in [9.17, 15) is 14.0 Å². The lowest BCUT2D eigenvalue weighted by molar-refractivity contribution is -0.120. The van der Waals surface area contributed by atoms with Gasteiger partial charge in [-0.15, -0.1) is 0 Å². The molecule has 3 aromatic carbocycles. The molecule has 3 aromatic rings. The van der Waals surface area contributed by atoms with Gasteiger partial charge in [0.2, 0.25) is 0 Å². The van der Waals surface area contributed by atoms with Crippen molar-refractivity contribution in [3.63, 3.8) is 0 Å². The fraction of sp³-hybridized carbons (Fsp3) is 0.286. The number of amides is 2. The molecule has 186 valence electrons. The van der Waals surface area contributed by atoms with Crippen LogP contribution in [0.15, 0.2) is 72.8 Å². The summed E-state index contributed by atoms with van der Waals surface area (Å²) in [7, 11) is 2.10. The number of hydrogen-bond donors (Lipinski definition) is 2. The lowest BCUT2D eigenvalue weighted by Gasteiger charge is -2.34. The second-order valence-electron chi connectivity index (χ2n) is 9.32. The highest BCUT2D eigenvalue weighted by Gasteiger charge is 2.32. The fourth-order valence-electron chi connectivity index (χ4n) is 4.68. The summed E-state index contributed by atoms with van der Waals surface area (Å²) in [5, 5.41) is 6.13. The van der Waals surface area contributed by atoms with Crippen molar-refractivity contribution < 1.29 is 14.0 Å². The molecule has 0 spiro atoms. The molecule has 0 aliphatic carbocycles. The summed E-state index contributed by atoms with van der Waals surface area (Å²) in [6.07, 6.45) is 0. The molecule has 2 N–H and O–H groups in total. The SMILES string of the molecule is CN1CCN(c2cccc(C(=O)NC3CNc4ccc(F)cc4N(Cc4ccccc4)C3=O)c2)CC1. The van der Waals surface area contributed by atoms with Gasteiger partial charge in [0.1, 0.15) is 11.9 Å². The third-order valence-electron chi connectivity index (χ3n) is 6.78. The second-order valence-corrected chi connectivity index (χ2v) is 9.32. The number of fused-ring (bicyclic) bond motifs is 1. The number of rotatable bonds is 5. The lowest BCUT2D eigenvalue weighted by Crippen LogP contribution is -2.50. The molecule has 2 aliphatic rings. The second kappa shape index (κ2) is 10.4. The van der Waals surface area contributed by atoms with Crippen molar-refractivity contribution in [1.29, 1.82) is 0 Å². The van der Waals surface area contributed by atoms with Gasteiger partial charge in [0.25, 0.3) is 11.8 Å². The van der Waals surface area contributed by atoms with Crippen LogP contribution in [0.5, 0.6) is 0 Å². The fourth-order valence-corrected chi connectivity index (χ4v) is 4.68. The average molecular weight is 488 g/mol. The maximum Gasteiger partial charge on any atom is 0.252 e. The van der Waals surface area contributed by atoms with Crippen molar-refractivity contribution in [1.82, 2.24) is 10.2 Å². The first kappa shape index (κ1) is 23.8. The molecule has 1 unspecified atom stereocenters. The van der Waals surface area contributed by atoms with Crippen molar-refractivity contribution in [3.8, 4) is 0 Å². The highest BCUT2D eigenvalue weighted by atomic mass is 19.1. The summed E-state index contributed by atoms with van der Waals surface area (Å²) in [4.78, 5) is 33.0. The van der Waals surface area contributed by atoms with E-state index in [1.165, 1.54) is 12.1 Å². The summed E-state index contributed by atoms with van der Waals surface area (Å²) in [5.41, 5.74) is 3.51. The van der Waals surface area contributed by atoms with E-state index >= 15 is 0 Å². The predicted octanol–water partition coefficient (Wildman–Crippen LogP) is 3.33. The number of carbonyl (C=O) groups is 2. The smallest absolute Gasteiger partial charge is 0.252 e. The van der Waals surface area contributed by atoms with Crippen LogP contribution in [0.2, 0.25) is 0 Å². The summed E-state index contributed by atoms with van der Waals surface area (Å²) in [5.74, 6) is -1.04. The van der Waals surface area contributed by atoms with E-state index in [1.807, 2.05) is 48.5 Å². The monoisotopic (exact) mass is 487 g/mol. The average Bonchev–Trinajstić information content (AvgIpc) is 3.02. The van der Waals surface area contributed by atoms with Gasteiger partial charge in [-0.2, -0.15) is 0 Å². The lowest BCUT2D eigenvalue weighted by atomic mass is 10.1. The van der Waals surface area contributed by atoms with Gasteiger partial charge >= 0.3 is 0 Å². The van der Waals surface area contributed by atoms with Crippen molar-refractivity contribution in [2.24, 2.45) is 0 Å². The Balaban J connectivity index is 1.37. The van der Waals surface area contributed by atoms with Crippen LogP contribution in [0.1, 0.15) is 15.9 Å². The van der Waals surface area contributed by atoms with Gasteiger partial charge in [-0.25, -0.2) is 4.39 Å². The molecule has 0 radical (unpaired) electrons. The van der Waals surface area contributed by atoms with E-state index in [4.69, 9.17) is 0 Å². The van der Waals surface area contributed by atoms with E-state index in [-0.39, 0.29) is 24.9 Å². The molecule has 2 heterocycles. The Labute approximate surface area is 210 Å². The van der Waals surface area contributed by atoms with Crippen LogP contribution in [0, 0.1) is 5.82 Å². The first-order valence-electron chi connectivity index (χ1n) is 12.2. The number of carbonyl (C=O) groups excluding carboxylic acids is 2. The van der Waals surface area contributed by atoms with E-state index in [0.29, 0.717) is 16.9 Å². The summed E-state index contributed by atoms with van der Waals surface area (Å²) >= 11 is 0. The quantitative estimate of drug-likeness (QED) is 0.578. The Bertz CT molecular complexity index is 1240. The number of likely N-dealkylation sites (N-methyl/N-ethyl adjacent to an activating group) is 1. The van der Waals surface area contributed by atoms with Gasteiger partial charge in [0.05, 0.1) is 17.9 Å². The third kappa shape index (κ3) is 5.18. The molecule has 2 aliphatic heterocycles. The zero-order valence-electron chi connectivity index (χ0n) is 20.3. The summed E-state index contributed by atoms with van der Waals surface area (Å²) < 4.78 is 14.2. The minimum Gasteiger partial charge on any atom is -0.381 e. The zero-order chi connectivity index (χ0) is 25.1. The maximum absolute atomic E-state index is 14.2. The van der Waals surface area contributed by atoms with Crippen LogP contribution in [0.25, 0.3) is 0 Å². The molecular weight excluding hydrogens is 457 g/mol. The molecule has 2 amide bonds. The number of piperazine rings is 1. The topological polar surface area (TPSA) is 67.9 Å². The molecule has 0 bridgehead atoms. The van der Waals surface area contributed by atoms with Gasteiger partial charge in [0, 0.05) is 44.0 Å². The normalized spacial score (nSPS) is 18.3. The van der Waals surface area contributed by atoms with Crippen molar-refractivity contribution in [2.75, 3.05) is 54.9 Å². The Kier molecular flexibility index (Phi) is 6.86. The maximum atomic E-state index is 14.2. The van der Waals surface area contributed by atoms with Gasteiger partial charge < -0.3 is 25.3 Å². The van der Waals surface area contributed by atoms with Crippen LogP contribution in [0.4, 0.5) is 21.5 Å². The van der Waals surface area contributed by atoms with E-state index in [0.717, 1.165) is 37.4 Å². The highest BCUT2D eigenvalue weighted by molar-refractivity contribution is 6.05. The number of benzene rings is 3. The molecule has 8 heteroatoms. The standard InChI is InChI=1S/C28H30FN5O2/c1-32-12-14-33(15-13-32)23-9-5-8-21(16-23)27(35)31-25-18-30-24-11-10-22(29)17-26(24)34(28(25)36)19-20-6-3-2-4-7-20/h2-11,16-17,25,30H,12-15,18-19H2,1H3,(H,31,35). The Hall–Kier alpha value is -3.91. The van der Waals surface area contributed by atoms with Crippen molar-refractivity contribution in [2.45, 2.75) is 12.6 Å². The molecule has 1 saturated heterocycles. The molecular formula is C28H30FN5O2. The molecule has 0 aromatic heterocycles. The van der Waals surface area contributed by atoms with E-state index < -0.39 is 11.9 Å². The summed E-state index contributed by atoms with van der Waals surface area (Å²) in [6, 6.07) is 20.6.